The number of esters is 2. The summed E-state index contributed by atoms with van der Waals surface area (Å²) in [6.45, 7) is 15.5. The Labute approximate surface area is 213 Å². The largest absolute Gasteiger partial charge is 0.489 e. The molecule has 4 rings (SSSR count). The molecule has 0 radical (unpaired) electrons. The quantitative estimate of drug-likeness (QED) is 0.283. The first-order chi connectivity index (χ1) is 17.3. The van der Waals surface area contributed by atoms with Crippen LogP contribution in [0.15, 0.2) is 43.5 Å². The SMILES string of the molecule is C=CC(=O)OC(C)COc1c2c(c(OCC(C)OC(=O)C=C)c3ccc(CC)cc13)C1CC2CC1C. The maximum atomic E-state index is 11.7. The van der Waals surface area contributed by atoms with Gasteiger partial charge in [-0.3, -0.25) is 0 Å². The van der Waals surface area contributed by atoms with E-state index >= 15 is 0 Å². The minimum atomic E-state index is -0.462. The normalized spacial score (nSPS) is 21.4. The molecule has 0 aliphatic heterocycles. The van der Waals surface area contributed by atoms with Crippen LogP contribution in [0.5, 0.6) is 11.5 Å². The Morgan fingerprint density at radius 3 is 2.08 bits per heavy atom. The fraction of sp³-hybridized carbons (Fsp3) is 0.467. The second kappa shape index (κ2) is 10.8. The number of hydrogen-bond acceptors (Lipinski definition) is 6. The summed E-state index contributed by atoms with van der Waals surface area (Å²) in [5.41, 5.74) is 3.63. The lowest BCUT2D eigenvalue weighted by atomic mass is 9.81. The van der Waals surface area contributed by atoms with E-state index in [4.69, 9.17) is 18.9 Å². The maximum Gasteiger partial charge on any atom is 0.330 e. The molecule has 2 aliphatic carbocycles. The van der Waals surface area contributed by atoms with Gasteiger partial charge in [0.15, 0.2) is 0 Å². The molecule has 0 saturated heterocycles. The highest BCUT2D eigenvalue weighted by molar-refractivity contribution is 5.97. The van der Waals surface area contributed by atoms with Crippen LogP contribution in [-0.4, -0.2) is 37.4 Å². The Morgan fingerprint density at radius 2 is 1.53 bits per heavy atom. The van der Waals surface area contributed by atoms with Crippen molar-refractivity contribution in [3.05, 3.63) is 60.2 Å². The third kappa shape index (κ3) is 4.99. The lowest BCUT2D eigenvalue weighted by molar-refractivity contribution is -0.144. The van der Waals surface area contributed by atoms with Gasteiger partial charge in [0.2, 0.25) is 0 Å². The molecule has 1 saturated carbocycles. The van der Waals surface area contributed by atoms with Gasteiger partial charge >= 0.3 is 11.9 Å². The van der Waals surface area contributed by atoms with E-state index in [2.05, 4.69) is 45.2 Å². The molecule has 2 bridgehead atoms. The molecule has 0 N–H and O–H groups in total. The van der Waals surface area contributed by atoms with Gasteiger partial charge in [0, 0.05) is 34.1 Å². The summed E-state index contributed by atoms with van der Waals surface area (Å²) in [5.74, 6) is 2.15. The topological polar surface area (TPSA) is 71.1 Å². The highest BCUT2D eigenvalue weighted by atomic mass is 16.6. The Kier molecular flexibility index (Phi) is 7.72. The van der Waals surface area contributed by atoms with E-state index in [1.807, 2.05) is 13.8 Å². The summed E-state index contributed by atoms with van der Waals surface area (Å²) >= 11 is 0. The fourth-order valence-corrected chi connectivity index (χ4v) is 5.66. The summed E-state index contributed by atoms with van der Waals surface area (Å²) in [4.78, 5) is 23.3. The van der Waals surface area contributed by atoms with Crippen LogP contribution in [0.1, 0.15) is 69.1 Å². The molecule has 0 spiro atoms. The van der Waals surface area contributed by atoms with E-state index in [1.54, 1.807) is 0 Å². The predicted octanol–water partition coefficient (Wildman–Crippen LogP) is 6.01. The van der Waals surface area contributed by atoms with Gasteiger partial charge in [0.1, 0.15) is 36.9 Å². The summed E-state index contributed by atoms with van der Waals surface area (Å²) in [6, 6.07) is 6.40. The van der Waals surface area contributed by atoms with Crippen molar-refractivity contribution in [1.29, 1.82) is 0 Å². The number of fused-ring (bicyclic) bond motifs is 6. The molecular formula is C30H36O6. The van der Waals surface area contributed by atoms with E-state index in [1.165, 1.54) is 16.7 Å². The molecule has 1 fully saturated rings. The number of aryl methyl sites for hydroxylation is 1. The van der Waals surface area contributed by atoms with E-state index < -0.39 is 24.1 Å². The molecule has 2 aromatic rings. The van der Waals surface area contributed by atoms with Gasteiger partial charge < -0.3 is 18.9 Å². The van der Waals surface area contributed by atoms with Gasteiger partial charge in [-0.25, -0.2) is 9.59 Å². The van der Waals surface area contributed by atoms with Crippen molar-refractivity contribution in [2.45, 2.75) is 71.0 Å². The Morgan fingerprint density at radius 1 is 0.944 bits per heavy atom. The third-order valence-corrected chi connectivity index (χ3v) is 7.31. The molecule has 5 unspecified atom stereocenters. The zero-order chi connectivity index (χ0) is 26.0. The number of ether oxygens (including phenoxy) is 4. The number of rotatable bonds is 11. The highest BCUT2D eigenvalue weighted by Crippen LogP contribution is 2.63. The predicted molar refractivity (Wildman–Crippen MR) is 140 cm³/mol. The third-order valence-electron chi connectivity index (χ3n) is 7.31. The van der Waals surface area contributed by atoms with Crippen LogP contribution >= 0.6 is 0 Å². The summed E-state index contributed by atoms with van der Waals surface area (Å²) in [7, 11) is 0. The molecule has 2 aliphatic rings. The van der Waals surface area contributed by atoms with Crippen molar-refractivity contribution in [3.63, 3.8) is 0 Å². The molecule has 0 aromatic heterocycles. The molecule has 2 aromatic carbocycles. The molecule has 0 amide bonds. The monoisotopic (exact) mass is 492 g/mol. The standard InChI is InChI=1S/C30H36O6/c1-7-20-10-11-22-24(13-20)30(34-16-19(6)36-26(32)9-3)27-21-12-17(4)23(14-21)28(27)29(22)33-15-18(5)35-25(31)8-2/h8-11,13,17-19,21,23H,2-3,7,12,14-16H2,1,4-6H3. The number of carbonyl (C=O) groups excluding carboxylic acids is 2. The van der Waals surface area contributed by atoms with Crippen molar-refractivity contribution in [3.8, 4) is 11.5 Å². The van der Waals surface area contributed by atoms with Crippen LogP contribution in [0.4, 0.5) is 0 Å². The maximum absolute atomic E-state index is 11.7. The zero-order valence-electron chi connectivity index (χ0n) is 21.7. The van der Waals surface area contributed by atoms with E-state index in [0.717, 1.165) is 53.7 Å². The van der Waals surface area contributed by atoms with E-state index in [-0.39, 0.29) is 13.2 Å². The minimum absolute atomic E-state index is 0.247. The van der Waals surface area contributed by atoms with Gasteiger partial charge in [-0.2, -0.15) is 0 Å². The van der Waals surface area contributed by atoms with Crippen molar-refractivity contribution in [2.75, 3.05) is 13.2 Å². The average Bonchev–Trinajstić information content (AvgIpc) is 3.43. The van der Waals surface area contributed by atoms with Gasteiger partial charge in [0.05, 0.1) is 0 Å². The molecule has 192 valence electrons. The van der Waals surface area contributed by atoms with Crippen LogP contribution in [0.25, 0.3) is 10.8 Å². The molecule has 5 atom stereocenters. The zero-order valence-corrected chi connectivity index (χ0v) is 21.7. The Hall–Kier alpha value is -3.28. The summed E-state index contributed by atoms with van der Waals surface area (Å²) in [6.07, 6.45) is 4.58. The first-order valence-electron chi connectivity index (χ1n) is 12.8. The summed E-state index contributed by atoms with van der Waals surface area (Å²) < 4.78 is 23.6. The van der Waals surface area contributed by atoms with Gasteiger partial charge in [-0.15, -0.1) is 0 Å². The lowest BCUT2D eigenvalue weighted by Crippen LogP contribution is -2.23. The molecule has 0 heterocycles. The molecule has 6 heteroatoms. The van der Waals surface area contributed by atoms with E-state index in [0.29, 0.717) is 17.8 Å². The average molecular weight is 493 g/mol. The van der Waals surface area contributed by atoms with Crippen molar-refractivity contribution in [1.82, 2.24) is 0 Å². The second-order valence-electron chi connectivity index (χ2n) is 10.00. The first kappa shape index (κ1) is 25.8. The molecule has 6 nitrogen and oxygen atoms in total. The van der Waals surface area contributed by atoms with E-state index in [9.17, 15) is 9.59 Å². The fourth-order valence-electron chi connectivity index (χ4n) is 5.66. The van der Waals surface area contributed by atoms with Gasteiger partial charge in [0.25, 0.3) is 0 Å². The van der Waals surface area contributed by atoms with Crippen LogP contribution in [0, 0.1) is 5.92 Å². The second-order valence-corrected chi connectivity index (χ2v) is 10.00. The van der Waals surface area contributed by atoms with Crippen LogP contribution in [0.2, 0.25) is 0 Å². The Balaban J connectivity index is 1.77. The first-order valence-corrected chi connectivity index (χ1v) is 12.8. The minimum Gasteiger partial charge on any atom is -0.489 e. The highest BCUT2D eigenvalue weighted by Gasteiger charge is 2.46. The van der Waals surface area contributed by atoms with Crippen molar-refractivity contribution >= 4 is 22.7 Å². The van der Waals surface area contributed by atoms with Gasteiger partial charge in [-0.05, 0) is 62.5 Å². The van der Waals surface area contributed by atoms with Crippen LogP contribution < -0.4 is 9.47 Å². The number of carbonyl (C=O) groups is 2. The van der Waals surface area contributed by atoms with Crippen LogP contribution in [-0.2, 0) is 25.5 Å². The molecule has 36 heavy (non-hydrogen) atoms. The van der Waals surface area contributed by atoms with Crippen molar-refractivity contribution < 1.29 is 28.5 Å². The Bertz CT molecular complexity index is 1180. The number of benzene rings is 2. The van der Waals surface area contributed by atoms with Crippen LogP contribution in [0.3, 0.4) is 0 Å². The van der Waals surface area contributed by atoms with Crippen molar-refractivity contribution in [2.24, 2.45) is 5.92 Å². The van der Waals surface area contributed by atoms with Gasteiger partial charge in [-0.1, -0.05) is 39.1 Å². The smallest absolute Gasteiger partial charge is 0.330 e. The summed E-state index contributed by atoms with van der Waals surface area (Å²) in [5, 5.41) is 1.99. The number of hydrogen-bond donors (Lipinski definition) is 0. The molecular weight excluding hydrogens is 456 g/mol. The lowest BCUT2D eigenvalue weighted by Gasteiger charge is -2.29.